The Morgan fingerprint density at radius 1 is 1.16 bits per heavy atom. The Hall–Kier alpha value is -1.38. The van der Waals surface area contributed by atoms with Gasteiger partial charge in [-0.1, -0.05) is 36.4 Å². The van der Waals surface area contributed by atoms with E-state index in [1.165, 1.54) is 29.2 Å². The Labute approximate surface area is 114 Å². The SMILES string of the molecule is CC(NC1CCCOC1)c1ccc2ccccc2c1. The molecular weight excluding hydrogens is 234 g/mol. The molecule has 1 aliphatic heterocycles. The molecule has 0 amide bonds. The molecule has 1 fully saturated rings. The minimum Gasteiger partial charge on any atom is -0.380 e. The van der Waals surface area contributed by atoms with Crippen molar-refractivity contribution in [1.82, 2.24) is 5.32 Å². The van der Waals surface area contributed by atoms with E-state index in [2.05, 4.69) is 54.7 Å². The molecule has 1 saturated heterocycles. The lowest BCUT2D eigenvalue weighted by atomic mass is 10.0. The van der Waals surface area contributed by atoms with Gasteiger partial charge in [0.05, 0.1) is 6.61 Å². The molecule has 2 atom stereocenters. The molecule has 1 N–H and O–H groups in total. The van der Waals surface area contributed by atoms with E-state index in [9.17, 15) is 0 Å². The van der Waals surface area contributed by atoms with Gasteiger partial charge in [0.25, 0.3) is 0 Å². The topological polar surface area (TPSA) is 21.3 Å². The van der Waals surface area contributed by atoms with Crippen LogP contribution in [0.5, 0.6) is 0 Å². The van der Waals surface area contributed by atoms with Gasteiger partial charge in [0.15, 0.2) is 0 Å². The van der Waals surface area contributed by atoms with Gasteiger partial charge in [0.1, 0.15) is 0 Å². The van der Waals surface area contributed by atoms with Crippen LogP contribution in [0.2, 0.25) is 0 Å². The molecule has 0 spiro atoms. The van der Waals surface area contributed by atoms with Gasteiger partial charge in [0, 0.05) is 18.7 Å². The van der Waals surface area contributed by atoms with Crippen molar-refractivity contribution in [1.29, 1.82) is 0 Å². The lowest BCUT2D eigenvalue weighted by molar-refractivity contribution is 0.0671. The van der Waals surface area contributed by atoms with Crippen LogP contribution in [0.3, 0.4) is 0 Å². The molecule has 0 aromatic heterocycles. The molecule has 1 heterocycles. The van der Waals surface area contributed by atoms with E-state index in [4.69, 9.17) is 4.74 Å². The fraction of sp³-hybridized carbons (Fsp3) is 0.412. The summed E-state index contributed by atoms with van der Waals surface area (Å²) in [5.41, 5.74) is 1.35. The summed E-state index contributed by atoms with van der Waals surface area (Å²) in [6, 6.07) is 16.1. The van der Waals surface area contributed by atoms with Crippen LogP contribution < -0.4 is 5.32 Å². The van der Waals surface area contributed by atoms with Crippen LogP contribution in [-0.4, -0.2) is 19.3 Å². The zero-order valence-corrected chi connectivity index (χ0v) is 11.4. The highest BCUT2D eigenvalue weighted by Gasteiger charge is 2.16. The summed E-state index contributed by atoms with van der Waals surface area (Å²) in [6.45, 7) is 4.00. The second kappa shape index (κ2) is 5.72. The quantitative estimate of drug-likeness (QED) is 0.903. The molecule has 1 aliphatic rings. The zero-order chi connectivity index (χ0) is 13.1. The van der Waals surface area contributed by atoms with Gasteiger partial charge < -0.3 is 10.1 Å². The summed E-state index contributed by atoms with van der Waals surface area (Å²) in [7, 11) is 0. The molecule has 2 unspecified atom stereocenters. The summed E-state index contributed by atoms with van der Waals surface area (Å²) in [5.74, 6) is 0. The molecule has 2 aromatic carbocycles. The Kier molecular flexibility index (Phi) is 3.81. The van der Waals surface area contributed by atoms with Gasteiger partial charge in [-0.05, 0) is 42.2 Å². The number of hydrogen-bond acceptors (Lipinski definition) is 2. The maximum atomic E-state index is 5.53. The minimum absolute atomic E-state index is 0.372. The smallest absolute Gasteiger partial charge is 0.0619 e. The van der Waals surface area contributed by atoms with Gasteiger partial charge >= 0.3 is 0 Å². The first kappa shape index (κ1) is 12.6. The maximum absolute atomic E-state index is 5.53. The molecule has 0 bridgehead atoms. The highest BCUT2D eigenvalue weighted by Crippen LogP contribution is 2.21. The first-order valence-electron chi connectivity index (χ1n) is 7.15. The van der Waals surface area contributed by atoms with E-state index in [0.29, 0.717) is 12.1 Å². The third-order valence-corrected chi connectivity index (χ3v) is 3.92. The van der Waals surface area contributed by atoms with Crippen molar-refractivity contribution in [3.63, 3.8) is 0 Å². The number of ether oxygens (including phenoxy) is 1. The third-order valence-electron chi connectivity index (χ3n) is 3.92. The molecule has 2 heteroatoms. The van der Waals surface area contributed by atoms with E-state index < -0.39 is 0 Å². The predicted molar refractivity (Wildman–Crippen MR) is 79.3 cm³/mol. The number of rotatable bonds is 3. The van der Waals surface area contributed by atoms with Crippen molar-refractivity contribution in [3.05, 3.63) is 48.0 Å². The van der Waals surface area contributed by atoms with Crippen LogP contribution in [0.15, 0.2) is 42.5 Å². The Morgan fingerprint density at radius 3 is 2.79 bits per heavy atom. The van der Waals surface area contributed by atoms with Crippen LogP contribution in [0.25, 0.3) is 10.8 Å². The van der Waals surface area contributed by atoms with Crippen molar-refractivity contribution in [2.24, 2.45) is 0 Å². The average Bonchev–Trinajstić information content (AvgIpc) is 2.48. The summed E-state index contributed by atoms with van der Waals surface area (Å²) >= 11 is 0. The number of fused-ring (bicyclic) bond motifs is 1. The van der Waals surface area contributed by atoms with Crippen LogP contribution in [0.1, 0.15) is 31.4 Å². The summed E-state index contributed by atoms with van der Waals surface area (Å²) in [4.78, 5) is 0. The molecule has 0 saturated carbocycles. The third kappa shape index (κ3) is 2.96. The Morgan fingerprint density at radius 2 is 2.00 bits per heavy atom. The second-order valence-corrected chi connectivity index (χ2v) is 5.41. The van der Waals surface area contributed by atoms with Crippen molar-refractivity contribution in [2.45, 2.75) is 31.8 Å². The summed E-state index contributed by atoms with van der Waals surface area (Å²) in [6.07, 6.45) is 2.39. The van der Waals surface area contributed by atoms with Gasteiger partial charge in [0.2, 0.25) is 0 Å². The molecular formula is C17H21NO. The first-order chi connectivity index (χ1) is 9.33. The fourth-order valence-electron chi connectivity index (χ4n) is 2.80. The Bertz CT molecular complexity index is 546. The Balaban J connectivity index is 1.75. The molecule has 2 nitrogen and oxygen atoms in total. The highest BCUT2D eigenvalue weighted by molar-refractivity contribution is 5.83. The number of hydrogen-bond donors (Lipinski definition) is 1. The summed E-state index contributed by atoms with van der Waals surface area (Å²) < 4.78 is 5.53. The van der Waals surface area contributed by atoms with Crippen LogP contribution >= 0.6 is 0 Å². The molecule has 19 heavy (non-hydrogen) atoms. The second-order valence-electron chi connectivity index (χ2n) is 5.41. The number of benzene rings is 2. The van der Waals surface area contributed by atoms with E-state index >= 15 is 0 Å². The van der Waals surface area contributed by atoms with E-state index in [-0.39, 0.29) is 0 Å². The number of nitrogens with one attached hydrogen (secondary N) is 1. The van der Waals surface area contributed by atoms with Crippen molar-refractivity contribution >= 4 is 10.8 Å². The van der Waals surface area contributed by atoms with Crippen molar-refractivity contribution in [3.8, 4) is 0 Å². The van der Waals surface area contributed by atoms with E-state index in [0.717, 1.165) is 13.2 Å². The van der Waals surface area contributed by atoms with Crippen LogP contribution in [-0.2, 0) is 4.74 Å². The van der Waals surface area contributed by atoms with Gasteiger partial charge in [-0.15, -0.1) is 0 Å². The molecule has 3 rings (SSSR count). The monoisotopic (exact) mass is 255 g/mol. The predicted octanol–water partition coefficient (Wildman–Crippen LogP) is 3.67. The normalized spacial score (nSPS) is 21.4. The molecule has 0 aliphatic carbocycles. The molecule has 0 radical (unpaired) electrons. The van der Waals surface area contributed by atoms with Gasteiger partial charge in [-0.2, -0.15) is 0 Å². The van der Waals surface area contributed by atoms with Crippen molar-refractivity contribution < 1.29 is 4.74 Å². The van der Waals surface area contributed by atoms with E-state index in [1.54, 1.807) is 0 Å². The lowest BCUT2D eigenvalue weighted by Gasteiger charge is -2.27. The van der Waals surface area contributed by atoms with E-state index in [1.807, 2.05) is 0 Å². The maximum Gasteiger partial charge on any atom is 0.0619 e. The van der Waals surface area contributed by atoms with Gasteiger partial charge in [-0.3, -0.25) is 0 Å². The summed E-state index contributed by atoms with van der Waals surface area (Å²) in [5, 5.41) is 6.29. The molecule has 2 aromatic rings. The molecule has 100 valence electrons. The zero-order valence-electron chi connectivity index (χ0n) is 11.4. The minimum atomic E-state index is 0.372. The fourth-order valence-corrected chi connectivity index (χ4v) is 2.80. The largest absolute Gasteiger partial charge is 0.380 e. The van der Waals surface area contributed by atoms with Crippen LogP contribution in [0, 0.1) is 0 Å². The van der Waals surface area contributed by atoms with Crippen molar-refractivity contribution in [2.75, 3.05) is 13.2 Å². The lowest BCUT2D eigenvalue weighted by Crippen LogP contribution is -2.38. The van der Waals surface area contributed by atoms with Crippen LogP contribution in [0.4, 0.5) is 0 Å². The van der Waals surface area contributed by atoms with Gasteiger partial charge in [-0.25, -0.2) is 0 Å². The first-order valence-corrected chi connectivity index (χ1v) is 7.15. The average molecular weight is 255 g/mol. The standard InChI is InChI=1S/C17H21NO/c1-13(18-17-7-4-10-19-12-17)15-9-8-14-5-2-3-6-16(14)11-15/h2-3,5-6,8-9,11,13,17-18H,4,7,10,12H2,1H3. The highest BCUT2D eigenvalue weighted by atomic mass is 16.5.